The summed E-state index contributed by atoms with van der Waals surface area (Å²) in [5.74, 6) is 0. The van der Waals surface area contributed by atoms with Crippen molar-refractivity contribution in [3.05, 3.63) is 73.9 Å². The Balaban J connectivity index is 3.98. The predicted octanol–water partition coefficient (Wildman–Crippen LogP) is 3.97. The molecular weight excluding hydrogens is 156 g/mol. The van der Waals surface area contributed by atoms with Crippen LogP contribution in [-0.2, 0) is 0 Å². The second kappa shape index (κ2) is 8.54. The summed E-state index contributed by atoms with van der Waals surface area (Å²) < 4.78 is 0. The zero-order chi connectivity index (χ0) is 9.94. The zero-order valence-electron chi connectivity index (χ0n) is 7.95. The van der Waals surface area contributed by atoms with Gasteiger partial charge >= 0.3 is 0 Å². The van der Waals surface area contributed by atoms with Gasteiger partial charge in [0.05, 0.1) is 0 Å². The van der Waals surface area contributed by atoms with E-state index in [0.717, 1.165) is 6.42 Å². The Morgan fingerprint density at radius 1 is 0.923 bits per heavy atom. The van der Waals surface area contributed by atoms with Crippen molar-refractivity contribution in [1.82, 2.24) is 0 Å². The van der Waals surface area contributed by atoms with Crippen molar-refractivity contribution in [2.75, 3.05) is 0 Å². The lowest BCUT2D eigenvalue weighted by Gasteiger charge is -1.92. The smallest absolute Gasteiger partial charge is 0.00945 e. The minimum Gasteiger partial charge on any atom is -0.0991 e. The molecule has 0 atom stereocenters. The van der Waals surface area contributed by atoms with E-state index in [2.05, 4.69) is 25.8 Å². The monoisotopic (exact) mass is 172 g/mol. The number of hydrogen-bond acceptors (Lipinski definition) is 0. The molecular formula is C13H16. The maximum Gasteiger partial charge on any atom is -0.00945 e. The minimum atomic E-state index is 0.886. The second-order valence-electron chi connectivity index (χ2n) is 2.43. The highest BCUT2D eigenvalue weighted by Gasteiger charge is 1.83. The lowest BCUT2D eigenvalue weighted by molar-refractivity contribution is 1.29. The summed E-state index contributed by atoms with van der Waals surface area (Å²) in [5, 5.41) is 0. The van der Waals surface area contributed by atoms with Crippen molar-refractivity contribution in [2.45, 2.75) is 6.42 Å². The molecule has 0 fully saturated rings. The van der Waals surface area contributed by atoms with Crippen molar-refractivity contribution in [3.63, 3.8) is 0 Å². The van der Waals surface area contributed by atoms with Gasteiger partial charge in [-0.1, -0.05) is 68.3 Å². The molecule has 0 heterocycles. The summed E-state index contributed by atoms with van der Waals surface area (Å²) in [6.45, 7) is 10.9. The van der Waals surface area contributed by atoms with Gasteiger partial charge in [0.1, 0.15) is 0 Å². The second-order valence-corrected chi connectivity index (χ2v) is 2.43. The molecule has 0 aromatic heterocycles. The van der Waals surface area contributed by atoms with Gasteiger partial charge in [-0.2, -0.15) is 0 Å². The van der Waals surface area contributed by atoms with Crippen LogP contribution in [0.5, 0.6) is 0 Å². The fourth-order valence-electron chi connectivity index (χ4n) is 0.796. The average molecular weight is 172 g/mol. The summed E-state index contributed by atoms with van der Waals surface area (Å²) in [6.07, 6.45) is 16.1. The Morgan fingerprint density at radius 2 is 1.69 bits per heavy atom. The Hall–Kier alpha value is -1.56. The van der Waals surface area contributed by atoms with E-state index in [1.54, 1.807) is 12.2 Å². The third-order valence-corrected chi connectivity index (χ3v) is 1.44. The van der Waals surface area contributed by atoms with Crippen molar-refractivity contribution in [1.29, 1.82) is 0 Å². The van der Waals surface area contributed by atoms with E-state index in [-0.39, 0.29) is 0 Å². The molecule has 0 aliphatic heterocycles. The average Bonchev–Trinajstić information content (AvgIpc) is 2.16. The molecule has 0 saturated heterocycles. The predicted molar refractivity (Wildman–Crippen MR) is 61.6 cm³/mol. The lowest BCUT2D eigenvalue weighted by Crippen LogP contribution is -1.72. The quantitative estimate of drug-likeness (QED) is 0.532. The molecule has 0 heteroatoms. The molecule has 0 N–H and O–H groups in total. The molecule has 68 valence electrons. The number of hydrogen-bond donors (Lipinski definition) is 0. The van der Waals surface area contributed by atoms with Gasteiger partial charge in [-0.3, -0.25) is 0 Å². The molecule has 0 rings (SSSR count). The summed E-state index contributed by atoms with van der Waals surface area (Å²) in [5.41, 5.74) is 1.17. The van der Waals surface area contributed by atoms with E-state index in [4.69, 9.17) is 0 Å². The molecule has 13 heavy (non-hydrogen) atoms. The van der Waals surface area contributed by atoms with E-state index >= 15 is 0 Å². The fraction of sp³-hybridized carbons (Fsp3) is 0.0769. The first-order valence-corrected chi connectivity index (χ1v) is 4.23. The fourth-order valence-corrected chi connectivity index (χ4v) is 0.796. The lowest BCUT2D eigenvalue weighted by atomic mass is 10.1. The van der Waals surface area contributed by atoms with Gasteiger partial charge in [0, 0.05) is 0 Å². The Labute approximate surface area is 81.0 Å². The van der Waals surface area contributed by atoms with Crippen LogP contribution in [0.4, 0.5) is 0 Å². The van der Waals surface area contributed by atoms with Crippen molar-refractivity contribution < 1.29 is 0 Å². The Morgan fingerprint density at radius 3 is 2.23 bits per heavy atom. The van der Waals surface area contributed by atoms with Gasteiger partial charge in [-0.15, -0.1) is 0 Å². The third kappa shape index (κ3) is 6.82. The van der Waals surface area contributed by atoms with Crippen LogP contribution in [0.1, 0.15) is 6.42 Å². The maximum absolute atomic E-state index is 3.71. The summed E-state index contributed by atoms with van der Waals surface area (Å²) in [6, 6.07) is 0. The van der Waals surface area contributed by atoms with Crippen LogP contribution in [0.15, 0.2) is 73.9 Å². The number of rotatable bonds is 6. The van der Waals surface area contributed by atoms with Gasteiger partial charge in [0.15, 0.2) is 0 Å². The highest BCUT2D eigenvalue weighted by Crippen LogP contribution is 2.03. The highest BCUT2D eigenvalue weighted by atomic mass is 13.9. The first-order valence-electron chi connectivity index (χ1n) is 4.23. The molecule has 0 radical (unpaired) electrons. The first-order chi connectivity index (χ1) is 6.35. The molecule has 0 amide bonds. The largest absolute Gasteiger partial charge is 0.0991 e. The Kier molecular flexibility index (Phi) is 7.51. The van der Waals surface area contributed by atoms with Crippen LogP contribution in [0.3, 0.4) is 0 Å². The van der Waals surface area contributed by atoms with E-state index in [0.29, 0.717) is 0 Å². The van der Waals surface area contributed by atoms with Gasteiger partial charge in [0.2, 0.25) is 0 Å². The molecule has 0 nitrogen and oxygen atoms in total. The molecule has 0 aromatic rings. The minimum absolute atomic E-state index is 0.886. The van der Waals surface area contributed by atoms with Crippen LogP contribution >= 0.6 is 0 Å². The third-order valence-electron chi connectivity index (χ3n) is 1.44. The van der Waals surface area contributed by atoms with Crippen molar-refractivity contribution in [2.24, 2.45) is 0 Å². The van der Waals surface area contributed by atoms with Crippen LogP contribution in [0, 0.1) is 0 Å². The first kappa shape index (κ1) is 11.4. The van der Waals surface area contributed by atoms with E-state index in [1.807, 2.05) is 30.4 Å². The molecule has 0 unspecified atom stereocenters. The van der Waals surface area contributed by atoms with E-state index in [1.165, 1.54) is 5.57 Å². The van der Waals surface area contributed by atoms with E-state index < -0.39 is 0 Å². The van der Waals surface area contributed by atoms with Crippen LogP contribution in [0.2, 0.25) is 0 Å². The van der Waals surface area contributed by atoms with Crippen LogP contribution in [-0.4, -0.2) is 0 Å². The number of allylic oxidation sites excluding steroid dienone is 9. The van der Waals surface area contributed by atoms with Crippen LogP contribution < -0.4 is 0 Å². The normalized spacial score (nSPS) is 12.2. The molecule has 0 bridgehead atoms. The zero-order valence-corrected chi connectivity index (χ0v) is 7.95. The van der Waals surface area contributed by atoms with E-state index in [9.17, 15) is 0 Å². The standard InChI is InChI=1S/C13H16/c1-4-7-8-9-10-12-13(6-3)11-5-2/h4-11H,1-3,12H2/b8-7-,10-9-,13-11+. The Bertz CT molecular complexity index is 249. The van der Waals surface area contributed by atoms with Gasteiger partial charge in [-0.25, -0.2) is 0 Å². The van der Waals surface area contributed by atoms with Crippen molar-refractivity contribution in [3.8, 4) is 0 Å². The summed E-state index contributed by atoms with van der Waals surface area (Å²) in [7, 11) is 0. The topological polar surface area (TPSA) is 0 Å². The molecule has 0 aliphatic carbocycles. The van der Waals surface area contributed by atoms with Crippen LogP contribution in [0.25, 0.3) is 0 Å². The molecule has 0 aromatic carbocycles. The maximum atomic E-state index is 3.71. The highest BCUT2D eigenvalue weighted by molar-refractivity contribution is 5.24. The van der Waals surface area contributed by atoms with Gasteiger partial charge < -0.3 is 0 Å². The molecule has 0 aliphatic rings. The van der Waals surface area contributed by atoms with Gasteiger partial charge in [0.25, 0.3) is 0 Å². The summed E-state index contributed by atoms with van der Waals surface area (Å²) >= 11 is 0. The summed E-state index contributed by atoms with van der Waals surface area (Å²) in [4.78, 5) is 0. The van der Waals surface area contributed by atoms with Gasteiger partial charge in [-0.05, 0) is 12.0 Å². The van der Waals surface area contributed by atoms with Crippen molar-refractivity contribution >= 4 is 0 Å². The molecule has 0 spiro atoms. The molecule has 0 saturated carbocycles. The SMILES string of the molecule is C=C/C=C\C=C/C/C(C=C)=C/C=C.